The van der Waals surface area contributed by atoms with Crippen molar-refractivity contribution in [2.75, 3.05) is 18.9 Å². The molecule has 0 saturated heterocycles. The standard InChI is InChI=1S/C24H28N4O4S2/c1-16(29)28-13-12-20-21(14-25)24(33-22(20)15-28)26-23(30)17-8-10-19(11-9-17)34(31,32)27(2)18-6-4-3-5-7-18/h8-11,18H,3-7,12-13,15H2,1-2H3,(H,26,30). The van der Waals surface area contributed by atoms with Crippen LogP contribution in [0.25, 0.3) is 0 Å². The van der Waals surface area contributed by atoms with Crippen molar-refractivity contribution in [3.63, 3.8) is 0 Å². The van der Waals surface area contributed by atoms with Gasteiger partial charge in [-0.05, 0) is 49.1 Å². The number of amides is 2. The zero-order chi connectivity index (χ0) is 24.5. The summed E-state index contributed by atoms with van der Waals surface area (Å²) in [5, 5.41) is 12.9. The lowest BCUT2D eigenvalue weighted by Crippen LogP contribution is -2.38. The number of fused-ring (bicyclic) bond motifs is 1. The highest BCUT2D eigenvalue weighted by atomic mass is 32.2. The largest absolute Gasteiger partial charge is 0.337 e. The predicted molar refractivity (Wildman–Crippen MR) is 130 cm³/mol. The Morgan fingerprint density at radius 1 is 1.18 bits per heavy atom. The highest BCUT2D eigenvalue weighted by Crippen LogP contribution is 2.37. The van der Waals surface area contributed by atoms with Gasteiger partial charge in [-0.2, -0.15) is 9.57 Å². The summed E-state index contributed by atoms with van der Waals surface area (Å²) < 4.78 is 27.5. The molecule has 0 spiro atoms. The predicted octanol–water partition coefficient (Wildman–Crippen LogP) is 3.73. The Bertz CT molecular complexity index is 1240. The molecule has 1 aromatic heterocycles. The number of anilines is 1. The maximum atomic E-state index is 13.0. The van der Waals surface area contributed by atoms with Crippen LogP contribution < -0.4 is 5.32 Å². The molecule has 0 unspecified atom stereocenters. The molecule has 1 aliphatic carbocycles. The van der Waals surface area contributed by atoms with Gasteiger partial charge in [0, 0.05) is 37.0 Å². The van der Waals surface area contributed by atoms with Crippen LogP contribution in [-0.2, 0) is 27.8 Å². The summed E-state index contributed by atoms with van der Waals surface area (Å²) in [6.07, 6.45) is 5.52. The molecular formula is C24H28N4O4S2. The van der Waals surface area contributed by atoms with Gasteiger partial charge in [0.05, 0.1) is 17.0 Å². The van der Waals surface area contributed by atoms with Gasteiger partial charge in [0.2, 0.25) is 15.9 Å². The molecule has 180 valence electrons. The van der Waals surface area contributed by atoms with Crippen LogP contribution >= 0.6 is 11.3 Å². The summed E-state index contributed by atoms with van der Waals surface area (Å²) >= 11 is 1.31. The van der Waals surface area contributed by atoms with Crippen LogP contribution in [0.4, 0.5) is 5.00 Å². The van der Waals surface area contributed by atoms with Crippen molar-refractivity contribution in [3.05, 3.63) is 45.8 Å². The van der Waals surface area contributed by atoms with Gasteiger partial charge < -0.3 is 10.2 Å². The Kier molecular flexibility index (Phi) is 7.07. The van der Waals surface area contributed by atoms with Gasteiger partial charge in [-0.15, -0.1) is 11.3 Å². The van der Waals surface area contributed by atoms with Gasteiger partial charge in [0.25, 0.3) is 5.91 Å². The second-order valence-electron chi connectivity index (χ2n) is 8.80. The minimum Gasteiger partial charge on any atom is -0.337 e. The van der Waals surface area contributed by atoms with E-state index in [-0.39, 0.29) is 16.8 Å². The monoisotopic (exact) mass is 500 g/mol. The minimum absolute atomic E-state index is 0.00918. The van der Waals surface area contributed by atoms with Crippen molar-refractivity contribution >= 4 is 38.2 Å². The number of carbonyl (C=O) groups is 2. The molecule has 2 aromatic rings. The first-order valence-electron chi connectivity index (χ1n) is 11.4. The van der Waals surface area contributed by atoms with E-state index >= 15 is 0 Å². The van der Waals surface area contributed by atoms with E-state index in [0.29, 0.717) is 35.6 Å². The molecule has 1 saturated carbocycles. The van der Waals surface area contributed by atoms with Crippen molar-refractivity contribution in [2.24, 2.45) is 0 Å². The van der Waals surface area contributed by atoms with Gasteiger partial charge in [-0.1, -0.05) is 19.3 Å². The number of carbonyl (C=O) groups excluding carboxylic acids is 2. The molecule has 1 fully saturated rings. The first kappa shape index (κ1) is 24.4. The molecule has 1 aromatic carbocycles. The van der Waals surface area contributed by atoms with E-state index in [0.717, 1.165) is 42.5 Å². The second kappa shape index (κ2) is 9.86. The Morgan fingerprint density at radius 2 is 1.85 bits per heavy atom. The Morgan fingerprint density at radius 3 is 2.47 bits per heavy atom. The number of sulfonamides is 1. The van der Waals surface area contributed by atoms with Gasteiger partial charge in [0.1, 0.15) is 11.1 Å². The van der Waals surface area contributed by atoms with E-state index in [2.05, 4.69) is 11.4 Å². The Balaban J connectivity index is 1.50. The van der Waals surface area contributed by atoms with Gasteiger partial charge in [-0.25, -0.2) is 8.42 Å². The van der Waals surface area contributed by atoms with Crippen molar-refractivity contribution in [1.82, 2.24) is 9.21 Å². The van der Waals surface area contributed by atoms with Crippen LogP contribution in [0.2, 0.25) is 0 Å². The number of thiophene rings is 1. The van der Waals surface area contributed by atoms with Gasteiger partial charge in [0.15, 0.2) is 0 Å². The molecule has 0 bridgehead atoms. The highest BCUT2D eigenvalue weighted by molar-refractivity contribution is 7.89. The summed E-state index contributed by atoms with van der Waals surface area (Å²) in [5.41, 5.74) is 1.62. The topological polar surface area (TPSA) is 111 Å². The van der Waals surface area contributed by atoms with Gasteiger partial charge >= 0.3 is 0 Å². The lowest BCUT2D eigenvalue weighted by atomic mass is 9.96. The zero-order valence-corrected chi connectivity index (χ0v) is 21.0. The fourth-order valence-electron chi connectivity index (χ4n) is 4.64. The second-order valence-corrected chi connectivity index (χ2v) is 11.9. The molecule has 1 N–H and O–H groups in total. The molecule has 10 heteroatoms. The number of nitrogens with one attached hydrogen (secondary N) is 1. The Hall–Kier alpha value is -2.74. The number of hydrogen-bond acceptors (Lipinski definition) is 6. The number of hydrogen-bond donors (Lipinski definition) is 1. The molecule has 2 amide bonds. The lowest BCUT2D eigenvalue weighted by Gasteiger charge is -2.30. The number of benzene rings is 1. The maximum absolute atomic E-state index is 13.0. The maximum Gasteiger partial charge on any atom is 0.256 e. The summed E-state index contributed by atoms with van der Waals surface area (Å²) in [7, 11) is -2.01. The van der Waals surface area contributed by atoms with E-state index in [9.17, 15) is 23.3 Å². The third-order valence-corrected chi connectivity index (χ3v) is 9.78. The number of nitrogens with zero attached hydrogens (tertiary/aromatic N) is 3. The van der Waals surface area contributed by atoms with Crippen LogP contribution in [0.5, 0.6) is 0 Å². The third kappa shape index (κ3) is 4.73. The Labute approximate surface area is 204 Å². The fourth-order valence-corrected chi connectivity index (χ4v) is 7.26. The van der Waals surface area contributed by atoms with Crippen LogP contribution in [0.3, 0.4) is 0 Å². The average Bonchev–Trinajstić information content (AvgIpc) is 3.20. The van der Waals surface area contributed by atoms with E-state index < -0.39 is 15.9 Å². The molecule has 34 heavy (non-hydrogen) atoms. The summed E-state index contributed by atoms with van der Waals surface area (Å²) in [6, 6.07) is 8.10. The third-order valence-electron chi connectivity index (χ3n) is 6.72. The van der Waals surface area contributed by atoms with Crippen LogP contribution in [0.15, 0.2) is 29.2 Å². The molecular weight excluding hydrogens is 472 g/mol. The first-order chi connectivity index (χ1) is 16.2. The summed E-state index contributed by atoms with van der Waals surface area (Å²) in [5.74, 6) is -0.435. The number of rotatable bonds is 5. The van der Waals surface area contributed by atoms with E-state index in [1.54, 1.807) is 11.9 Å². The molecule has 8 nitrogen and oxygen atoms in total. The highest BCUT2D eigenvalue weighted by Gasteiger charge is 2.30. The van der Waals surface area contributed by atoms with Crippen LogP contribution in [0.1, 0.15) is 65.4 Å². The van der Waals surface area contributed by atoms with Crippen molar-refractivity contribution in [2.45, 2.75) is 62.9 Å². The quantitative estimate of drug-likeness (QED) is 0.673. The fraction of sp³-hybridized carbons (Fsp3) is 0.458. The SMILES string of the molecule is CC(=O)N1CCc2c(sc(NC(=O)c3ccc(S(=O)(=O)N(C)C4CCCCC4)cc3)c2C#N)C1. The van der Waals surface area contributed by atoms with Crippen LogP contribution in [-0.4, -0.2) is 49.1 Å². The summed E-state index contributed by atoms with van der Waals surface area (Å²) in [4.78, 5) is 27.4. The molecule has 0 atom stereocenters. The molecule has 0 radical (unpaired) electrons. The molecule has 4 rings (SSSR count). The molecule has 2 heterocycles. The zero-order valence-electron chi connectivity index (χ0n) is 19.3. The average molecular weight is 501 g/mol. The minimum atomic E-state index is -3.64. The lowest BCUT2D eigenvalue weighted by molar-refractivity contribution is -0.129. The van der Waals surface area contributed by atoms with Gasteiger partial charge in [-0.3, -0.25) is 9.59 Å². The number of nitriles is 1. The molecule has 2 aliphatic rings. The first-order valence-corrected chi connectivity index (χ1v) is 13.7. The smallest absolute Gasteiger partial charge is 0.256 e. The van der Waals surface area contributed by atoms with Crippen molar-refractivity contribution in [1.29, 1.82) is 5.26 Å². The molecule has 1 aliphatic heterocycles. The normalized spacial score (nSPS) is 16.7. The van der Waals surface area contributed by atoms with E-state index in [1.807, 2.05) is 0 Å². The van der Waals surface area contributed by atoms with Crippen molar-refractivity contribution < 1.29 is 18.0 Å². The van der Waals surface area contributed by atoms with E-state index in [1.165, 1.54) is 46.8 Å². The summed E-state index contributed by atoms with van der Waals surface area (Å²) in [6.45, 7) is 2.50. The van der Waals surface area contributed by atoms with Crippen LogP contribution in [0, 0.1) is 11.3 Å². The van der Waals surface area contributed by atoms with E-state index in [4.69, 9.17) is 0 Å². The van der Waals surface area contributed by atoms with Crippen molar-refractivity contribution in [3.8, 4) is 6.07 Å².